The van der Waals surface area contributed by atoms with Crippen LogP contribution < -0.4 is 0 Å². The quantitative estimate of drug-likeness (QED) is 0.699. The van der Waals surface area contributed by atoms with Crippen molar-refractivity contribution in [1.29, 1.82) is 0 Å². The van der Waals surface area contributed by atoms with Gasteiger partial charge >= 0.3 is 5.97 Å². The fraction of sp³-hybridized carbons (Fsp3) is 0.957. The van der Waals surface area contributed by atoms with Crippen molar-refractivity contribution in [2.75, 3.05) is 6.61 Å². The van der Waals surface area contributed by atoms with Gasteiger partial charge in [-0.2, -0.15) is 0 Å². The van der Waals surface area contributed by atoms with Crippen LogP contribution in [0.5, 0.6) is 0 Å². The first-order chi connectivity index (χ1) is 12.6. The first-order valence-corrected chi connectivity index (χ1v) is 11.1. The third-order valence-corrected chi connectivity index (χ3v) is 9.90. The summed E-state index contributed by atoms with van der Waals surface area (Å²) in [6.07, 6.45) is 10.2. The molecule has 0 amide bonds. The zero-order valence-electron chi connectivity index (χ0n) is 17.5. The highest BCUT2D eigenvalue weighted by Gasteiger charge is 2.70. The first-order valence-electron chi connectivity index (χ1n) is 11.1. The van der Waals surface area contributed by atoms with Crippen LogP contribution >= 0.6 is 0 Å². The Hall–Kier alpha value is -0.610. The minimum absolute atomic E-state index is 0.0911. The lowest BCUT2D eigenvalue weighted by Gasteiger charge is -2.63. The van der Waals surface area contributed by atoms with Gasteiger partial charge in [0.15, 0.2) is 5.79 Å². The van der Waals surface area contributed by atoms with Crippen LogP contribution in [0.15, 0.2) is 0 Å². The van der Waals surface area contributed by atoms with Crippen molar-refractivity contribution >= 4 is 5.97 Å². The van der Waals surface area contributed by atoms with E-state index in [0.717, 1.165) is 32.3 Å². The standard InChI is InChI=1S/C23H36O4/c1-19(2)26-14-23(27-19)13-22-11-8-16-20(3,17(22)7-6-15(23)12-22)9-5-10-21(16,4)18(24)25/h15-17H,5-14H2,1-4H3,(H,24,25)/t15-,16+,17+,20-,21-,22+,23+/m1/s1. The molecular weight excluding hydrogens is 340 g/mol. The molecule has 4 aliphatic carbocycles. The van der Waals surface area contributed by atoms with E-state index in [0.29, 0.717) is 23.2 Å². The molecule has 4 nitrogen and oxygen atoms in total. The zero-order valence-corrected chi connectivity index (χ0v) is 17.5. The molecule has 2 spiro atoms. The van der Waals surface area contributed by atoms with E-state index in [2.05, 4.69) is 20.8 Å². The average molecular weight is 377 g/mol. The molecule has 5 rings (SSSR count). The fourth-order valence-corrected chi connectivity index (χ4v) is 8.99. The number of aliphatic carboxylic acids is 1. The number of carbonyl (C=O) groups is 1. The zero-order chi connectivity index (χ0) is 19.3. The number of carboxylic acid groups (broad SMARTS) is 1. The van der Waals surface area contributed by atoms with Gasteiger partial charge in [-0.1, -0.05) is 13.3 Å². The summed E-state index contributed by atoms with van der Waals surface area (Å²) in [4.78, 5) is 12.2. The molecule has 1 saturated heterocycles. The topological polar surface area (TPSA) is 55.8 Å². The Morgan fingerprint density at radius 3 is 2.44 bits per heavy atom. The molecule has 5 fully saturated rings. The summed E-state index contributed by atoms with van der Waals surface area (Å²) in [5.41, 5.74) is -0.132. The van der Waals surface area contributed by atoms with Gasteiger partial charge in [-0.3, -0.25) is 4.79 Å². The van der Waals surface area contributed by atoms with Crippen LogP contribution in [-0.4, -0.2) is 29.1 Å². The SMILES string of the molecule is CC1(C)OC[C@]2(C[C@@]34CC[C@H]5[C@@](C)(CCC[C@@]5(C)C(=O)O)[C@@H]3CC[C@@H]2C4)O1. The molecule has 1 N–H and O–H groups in total. The third-order valence-electron chi connectivity index (χ3n) is 9.90. The summed E-state index contributed by atoms with van der Waals surface area (Å²) in [6, 6.07) is 0. The predicted octanol–water partition coefficient (Wildman–Crippen LogP) is 5.01. The fourth-order valence-electron chi connectivity index (χ4n) is 8.99. The summed E-state index contributed by atoms with van der Waals surface area (Å²) >= 11 is 0. The number of hydrogen-bond donors (Lipinski definition) is 1. The number of ether oxygens (including phenoxy) is 2. The molecule has 0 aromatic heterocycles. The summed E-state index contributed by atoms with van der Waals surface area (Å²) < 4.78 is 12.6. The van der Waals surface area contributed by atoms with Gasteiger partial charge in [0.2, 0.25) is 0 Å². The van der Waals surface area contributed by atoms with Gasteiger partial charge in [-0.05, 0) is 101 Å². The molecular formula is C23H36O4. The van der Waals surface area contributed by atoms with Crippen molar-refractivity contribution in [2.45, 2.75) is 96.9 Å². The summed E-state index contributed by atoms with van der Waals surface area (Å²) in [5, 5.41) is 10.1. The lowest BCUT2D eigenvalue weighted by molar-refractivity contribution is -0.182. The lowest BCUT2D eigenvalue weighted by Crippen LogP contribution is -2.58. The van der Waals surface area contributed by atoms with Crippen molar-refractivity contribution in [3.05, 3.63) is 0 Å². The number of fused-ring (bicyclic) bond motifs is 4. The Bertz CT molecular complexity index is 673. The van der Waals surface area contributed by atoms with Crippen molar-refractivity contribution in [3.63, 3.8) is 0 Å². The van der Waals surface area contributed by atoms with Gasteiger partial charge in [0.25, 0.3) is 0 Å². The van der Waals surface area contributed by atoms with Gasteiger partial charge < -0.3 is 14.6 Å². The molecule has 0 unspecified atom stereocenters. The van der Waals surface area contributed by atoms with Crippen LogP contribution in [0.3, 0.4) is 0 Å². The molecule has 4 heteroatoms. The monoisotopic (exact) mass is 376 g/mol. The summed E-state index contributed by atoms with van der Waals surface area (Å²) in [6.45, 7) is 9.33. The Balaban J connectivity index is 1.50. The van der Waals surface area contributed by atoms with Crippen LogP contribution in [0.1, 0.15) is 85.5 Å². The Morgan fingerprint density at radius 2 is 1.78 bits per heavy atom. The van der Waals surface area contributed by atoms with Crippen LogP contribution in [0.4, 0.5) is 0 Å². The normalized spacial score (nSPS) is 55.9. The van der Waals surface area contributed by atoms with Gasteiger partial charge in [0.05, 0.1) is 17.6 Å². The molecule has 0 aromatic carbocycles. The van der Waals surface area contributed by atoms with E-state index >= 15 is 0 Å². The molecule has 0 aromatic rings. The summed E-state index contributed by atoms with van der Waals surface area (Å²) in [5.74, 6) is 0.547. The van der Waals surface area contributed by atoms with Crippen molar-refractivity contribution < 1.29 is 19.4 Å². The Kier molecular flexibility index (Phi) is 3.61. The molecule has 7 atom stereocenters. The Morgan fingerprint density at radius 1 is 1.00 bits per heavy atom. The van der Waals surface area contributed by atoms with E-state index in [1.165, 1.54) is 32.1 Å². The highest BCUT2D eigenvalue weighted by molar-refractivity contribution is 5.75. The van der Waals surface area contributed by atoms with E-state index in [-0.39, 0.29) is 11.0 Å². The smallest absolute Gasteiger partial charge is 0.309 e. The van der Waals surface area contributed by atoms with Crippen molar-refractivity contribution in [2.24, 2.45) is 34.0 Å². The highest BCUT2D eigenvalue weighted by atomic mass is 16.8. The first kappa shape index (κ1) is 18.4. The third kappa shape index (κ3) is 2.26. The Labute approximate surface area is 163 Å². The van der Waals surface area contributed by atoms with Crippen LogP contribution in [0.25, 0.3) is 0 Å². The minimum atomic E-state index is -0.569. The van der Waals surface area contributed by atoms with Crippen LogP contribution in [-0.2, 0) is 14.3 Å². The molecule has 4 saturated carbocycles. The minimum Gasteiger partial charge on any atom is -0.481 e. The van der Waals surface area contributed by atoms with Gasteiger partial charge in [-0.15, -0.1) is 0 Å². The van der Waals surface area contributed by atoms with Crippen LogP contribution in [0.2, 0.25) is 0 Å². The maximum Gasteiger partial charge on any atom is 0.309 e. The number of carboxylic acids is 1. The van der Waals surface area contributed by atoms with Crippen LogP contribution in [0, 0.1) is 34.0 Å². The molecule has 27 heavy (non-hydrogen) atoms. The predicted molar refractivity (Wildman–Crippen MR) is 102 cm³/mol. The molecule has 2 bridgehead atoms. The largest absolute Gasteiger partial charge is 0.481 e. The van der Waals surface area contributed by atoms with Gasteiger partial charge in [0, 0.05) is 0 Å². The number of hydrogen-bond acceptors (Lipinski definition) is 3. The molecule has 152 valence electrons. The van der Waals surface area contributed by atoms with E-state index in [9.17, 15) is 9.90 Å². The van der Waals surface area contributed by atoms with E-state index in [4.69, 9.17) is 9.47 Å². The molecule has 0 radical (unpaired) electrons. The second kappa shape index (κ2) is 5.30. The highest BCUT2D eigenvalue weighted by Crippen LogP contribution is 2.74. The van der Waals surface area contributed by atoms with E-state index in [1.807, 2.05) is 6.92 Å². The van der Waals surface area contributed by atoms with Crippen molar-refractivity contribution in [1.82, 2.24) is 0 Å². The molecule has 5 aliphatic rings. The lowest BCUT2D eigenvalue weighted by atomic mass is 9.41. The van der Waals surface area contributed by atoms with Gasteiger partial charge in [0.1, 0.15) is 0 Å². The van der Waals surface area contributed by atoms with Gasteiger partial charge in [-0.25, -0.2) is 0 Å². The molecule has 1 heterocycles. The molecule has 1 aliphatic heterocycles. The maximum absolute atomic E-state index is 12.2. The second-order valence-corrected chi connectivity index (χ2v) is 11.6. The maximum atomic E-state index is 12.2. The summed E-state index contributed by atoms with van der Waals surface area (Å²) in [7, 11) is 0. The van der Waals surface area contributed by atoms with E-state index < -0.39 is 17.2 Å². The van der Waals surface area contributed by atoms with Crippen molar-refractivity contribution in [3.8, 4) is 0 Å². The van der Waals surface area contributed by atoms with E-state index in [1.54, 1.807) is 0 Å². The average Bonchev–Trinajstić information content (AvgIpc) is 3.00. The second-order valence-electron chi connectivity index (χ2n) is 11.6. The number of rotatable bonds is 1.